The van der Waals surface area contributed by atoms with Crippen LogP contribution in [0.4, 0.5) is 0 Å². The number of piperazine rings is 1. The summed E-state index contributed by atoms with van der Waals surface area (Å²) in [5.74, 6) is 1.09. The van der Waals surface area contributed by atoms with E-state index in [1.54, 1.807) is 24.1 Å². The van der Waals surface area contributed by atoms with E-state index in [4.69, 9.17) is 9.15 Å². The molecule has 1 aliphatic rings. The molecule has 0 radical (unpaired) electrons. The summed E-state index contributed by atoms with van der Waals surface area (Å²) in [6.07, 6.45) is 1.50. The predicted octanol–water partition coefficient (Wildman–Crippen LogP) is 0.334. The van der Waals surface area contributed by atoms with Crippen LogP contribution < -0.4 is 15.0 Å². The number of ether oxygens (including phenoxy) is 1. The Hall–Kier alpha value is -2.80. The van der Waals surface area contributed by atoms with Crippen LogP contribution in [0.2, 0.25) is 0 Å². The van der Waals surface area contributed by atoms with Crippen molar-refractivity contribution in [3.63, 3.8) is 0 Å². The van der Waals surface area contributed by atoms with Crippen LogP contribution >= 0.6 is 0 Å². The summed E-state index contributed by atoms with van der Waals surface area (Å²) in [5.41, 5.74) is 1.03. The summed E-state index contributed by atoms with van der Waals surface area (Å²) < 4.78 is 10.3. The molecule has 1 atom stereocenters. The molecule has 2 N–H and O–H groups in total. The Balaban J connectivity index is 1.45. The highest BCUT2D eigenvalue weighted by atomic mass is 16.5. The van der Waals surface area contributed by atoms with Gasteiger partial charge in [-0.2, -0.15) is 0 Å². The first kappa shape index (κ1) is 19.0. The molecule has 27 heavy (non-hydrogen) atoms. The van der Waals surface area contributed by atoms with Crippen LogP contribution in [0.25, 0.3) is 0 Å². The van der Waals surface area contributed by atoms with Crippen LogP contribution in [0.15, 0.2) is 47.1 Å². The first-order chi connectivity index (χ1) is 13.1. The molecule has 0 aliphatic carbocycles. The quantitative estimate of drug-likeness (QED) is 0.767. The van der Waals surface area contributed by atoms with Gasteiger partial charge in [0.1, 0.15) is 5.75 Å². The summed E-state index contributed by atoms with van der Waals surface area (Å²) in [6.45, 7) is 5.13. The van der Waals surface area contributed by atoms with E-state index in [1.807, 2.05) is 31.2 Å². The van der Waals surface area contributed by atoms with E-state index >= 15 is 0 Å². The van der Waals surface area contributed by atoms with Gasteiger partial charge in [0, 0.05) is 6.54 Å². The molecule has 1 aliphatic heterocycles. The van der Waals surface area contributed by atoms with Crippen LogP contribution in [-0.2, 0) is 11.3 Å². The van der Waals surface area contributed by atoms with E-state index in [0.717, 1.165) is 24.4 Å². The topological polar surface area (TPSA) is 76.2 Å². The standard InChI is InChI=1S/C20H25N3O4/c1-15(19(24)21-14-16-5-7-17(26-2)8-6-16)22-9-11-23(12-10-22)20(25)18-4-3-13-27-18/h3-8,13,15H,9-12,14H2,1-2H3,(H,21,24)/p+1/t15-/m0/s1. The van der Waals surface area contributed by atoms with Crippen molar-refractivity contribution in [3.05, 3.63) is 54.0 Å². The zero-order chi connectivity index (χ0) is 19.2. The number of quaternary nitrogens is 1. The fourth-order valence-electron chi connectivity index (χ4n) is 3.26. The second kappa shape index (κ2) is 8.73. The maximum Gasteiger partial charge on any atom is 0.289 e. The van der Waals surface area contributed by atoms with E-state index < -0.39 is 0 Å². The van der Waals surface area contributed by atoms with Crippen molar-refractivity contribution in [1.82, 2.24) is 10.2 Å². The van der Waals surface area contributed by atoms with Crippen molar-refractivity contribution in [1.29, 1.82) is 0 Å². The number of methoxy groups -OCH3 is 1. The van der Waals surface area contributed by atoms with Gasteiger partial charge in [0.15, 0.2) is 11.8 Å². The number of benzene rings is 1. The van der Waals surface area contributed by atoms with Gasteiger partial charge >= 0.3 is 0 Å². The average molecular weight is 372 g/mol. The van der Waals surface area contributed by atoms with E-state index in [9.17, 15) is 9.59 Å². The maximum absolute atomic E-state index is 12.5. The Morgan fingerprint density at radius 2 is 1.93 bits per heavy atom. The van der Waals surface area contributed by atoms with Gasteiger partial charge in [0.25, 0.3) is 11.8 Å². The molecule has 1 aromatic carbocycles. The van der Waals surface area contributed by atoms with Crippen LogP contribution in [0.3, 0.4) is 0 Å². The van der Waals surface area contributed by atoms with Crippen molar-refractivity contribution in [3.8, 4) is 5.75 Å². The molecular weight excluding hydrogens is 346 g/mol. The Kier molecular flexibility index (Phi) is 6.13. The second-order valence-corrected chi connectivity index (χ2v) is 6.72. The Labute approximate surface area is 158 Å². The molecule has 2 aromatic rings. The highest BCUT2D eigenvalue weighted by molar-refractivity contribution is 5.91. The normalized spacial score (nSPS) is 16.0. The third-order valence-electron chi connectivity index (χ3n) is 5.06. The van der Waals surface area contributed by atoms with Crippen molar-refractivity contribution in [2.45, 2.75) is 19.5 Å². The lowest BCUT2D eigenvalue weighted by molar-refractivity contribution is -0.917. The largest absolute Gasteiger partial charge is 0.497 e. The molecule has 2 heterocycles. The monoisotopic (exact) mass is 372 g/mol. The minimum absolute atomic E-state index is 0.0200. The van der Waals surface area contributed by atoms with Gasteiger partial charge in [-0.15, -0.1) is 0 Å². The summed E-state index contributed by atoms with van der Waals surface area (Å²) in [7, 11) is 1.63. The highest BCUT2D eigenvalue weighted by Crippen LogP contribution is 2.11. The minimum atomic E-state index is -0.163. The fourth-order valence-corrected chi connectivity index (χ4v) is 3.26. The van der Waals surface area contributed by atoms with Gasteiger partial charge < -0.3 is 24.3 Å². The van der Waals surface area contributed by atoms with E-state index in [1.165, 1.54) is 11.2 Å². The molecule has 3 rings (SSSR count). The molecule has 0 bridgehead atoms. The molecule has 1 aromatic heterocycles. The van der Waals surface area contributed by atoms with Crippen LogP contribution in [-0.4, -0.2) is 56.0 Å². The van der Waals surface area contributed by atoms with Gasteiger partial charge in [-0.1, -0.05) is 12.1 Å². The van der Waals surface area contributed by atoms with Crippen molar-refractivity contribution < 1.29 is 23.6 Å². The number of nitrogens with one attached hydrogen (secondary N) is 2. The molecule has 7 heteroatoms. The number of nitrogens with zero attached hydrogens (tertiary/aromatic N) is 1. The van der Waals surface area contributed by atoms with Crippen molar-refractivity contribution in [2.24, 2.45) is 0 Å². The third-order valence-corrected chi connectivity index (χ3v) is 5.06. The molecule has 1 saturated heterocycles. The number of hydrogen-bond acceptors (Lipinski definition) is 4. The fraction of sp³-hybridized carbons (Fsp3) is 0.400. The summed E-state index contributed by atoms with van der Waals surface area (Å²) in [4.78, 5) is 27.8. The number of rotatable bonds is 6. The maximum atomic E-state index is 12.5. The number of carbonyl (C=O) groups is 2. The molecular formula is C20H26N3O4+. The van der Waals surface area contributed by atoms with Crippen molar-refractivity contribution in [2.75, 3.05) is 33.3 Å². The summed E-state index contributed by atoms with van der Waals surface area (Å²) in [5, 5.41) is 2.99. The van der Waals surface area contributed by atoms with Gasteiger partial charge in [0.05, 0.1) is 39.6 Å². The van der Waals surface area contributed by atoms with E-state index in [-0.39, 0.29) is 17.9 Å². The van der Waals surface area contributed by atoms with Gasteiger partial charge in [-0.3, -0.25) is 9.59 Å². The molecule has 0 spiro atoms. The van der Waals surface area contributed by atoms with Crippen LogP contribution in [0, 0.1) is 0 Å². The first-order valence-corrected chi connectivity index (χ1v) is 9.16. The smallest absolute Gasteiger partial charge is 0.289 e. The third kappa shape index (κ3) is 4.68. The van der Waals surface area contributed by atoms with Crippen molar-refractivity contribution >= 4 is 11.8 Å². The summed E-state index contributed by atoms with van der Waals surface area (Å²) in [6, 6.07) is 10.9. The summed E-state index contributed by atoms with van der Waals surface area (Å²) >= 11 is 0. The molecule has 0 unspecified atom stereocenters. The highest BCUT2D eigenvalue weighted by Gasteiger charge is 2.31. The molecule has 144 valence electrons. The molecule has 2 amide bonds. The molecule has 1 fully saturated rings. The molecule has 7 nitrogen and oxygen atoms in total. The lowest BCUT2D eigenvalue weighted by Gasteiger charge is -2.34. The zero-order valence-corrected chi connectivity index (χ0v) is 15.7. The van der Waals surface area contributed by atoms with Crippen LogP contribution in [0.1, 0.15) is 23.0 Å². The minimum Gasteiger partial charge on any atom is -0.497 e. The number of amides is 2. The Morgan fingerprint density at radius 1 is 1.22 bits per heavy atom. The predicted molar refractivity (Wildman–Crippen MR) is 99.6 cm³/mol. The second-order valence-electron chi connectivity index (χ2n) is 6.72. The molecule has 0 saturated carbocycles. The SMILES string of the molecule is COc1ccc(CNC(=O)[C@H](C)[NH+]2CCN(C(=O)c3ccco3)CC2)cc1. The van der Waals surface area contributed by atoms with E-state index in [0.29, 0.717) is 25.4 Å². The lowest BCUT2D eigenvalue weighted by atomic mass is 10.2. The number of hydrogen-bond donors (Lipinski definition) is 2. The van der Waals surface area contributed by atoms with Gasteiger partial charge in [-0.25, -0.2) is 0 Å². The van der Waals surface area contributed by atoms with E-state index in [2.05, 4.69) is 5.32 Å². The Morgan fingerprint density at radius 3 is 2.52 bits per heavy atom. The zero-order valence-electron chi connectivity index (χ0n) is 15.7. The number of carbonyl (C=O) groups excluding carboxylic acids is 2. The number of furan rings is 1. The Bertz CT molecular complexity index is 750. The average Bonchev–Trinajstić information content (AvgIpc) is 3.26. The first-order valence-electron chi connectivity index (χ1n) is 9.16. The van der Waals surface area contributed by atoms with Gasteiger partial charge in [-0.05, 0) is 36.8 Å². The lowest BCUT2D eigenvalue weighted by Crippen LogP contribution is -3.19. The van der Waals surface area contributed by atoms with Gasteiger partial charge in [0.2, 0.25) is 0 Å². The van der Waals surface area contributed by atoms with Crippen LogP contribution in [0.5, 0.6) is 5.75 Å².